The molecule has 2 N–H and O–H groups in total. The highest BCUT2D eigenvalue weighted by Crippen LogP contribution is 2.43. The number of thiocarbonyl (C=S) groups is 1. The van der Waals surface area contributed by atoms with Crippen LogP contribution in [0.4, 0.5) is 0 Å². The van der Waals surface area contributed by atoms with Crippen LogP contribution in [0.15, 0.2) is 35.4 Å². The summed E-state index contributed by atoms with van der Waals surface area (Å²) in [6.45, 7) is 0. The molecule has 0 amide bonds. The zero-order valence-corrected chi connectivity index (χ0v) is 14.5. The first-order valence-corrected chi connectivity index (χ1v) is 7.90. The van der Waals surface area contributed by atoms with E-state index in [0.717, 1.165) is 22.3 Å². The van der Waals surface area contributed by atoms with Gasteiger partial charge in [-0.3, -0.25) is 5.43 Å². The highest BCUT2D eigenvalue weighted by Gasteiger charge is 2.28. The molecule has 0 bridgehead atoms. The summed E-state index contributed by atoms with van der Waals surface area (Å²) in [7, 11) is 1.72. The van der Waals surface area contributed by atoms with E-state index >= 15 is 0 Å². The minimum Gasteiger partial charge on any atom is -0.364 e. The normalized spacial score (nSPS) is 13.7. The van der Waals surface area contributed by atoms with Crippen molar-refractivity contribution in [2.45, 2.75) is 0 Å². The van der Waals surface area contributed by atoms with Gasteiger partial charge in [-0.15, -0.1) is 0 Å². The van der Waals surface area contributed by atoms with E-state index in [1.165, 1.54) is 0 Å². The largest absolute Gasteiger partial charge is 0.364 e. The summed E-state index contributed by atoms with van der Waals surface area (Å²) in [4.78, 5) is 0. The summed E-state index contributed by atoms with van der Waals surface area (Å²) in [6, 6.07) is 9.15. The predicted octanol–water partition coefficient (Wildman–Crippen LogP) is 4.47. The lowest BCUT2D eigenvalue weighted by Gasteiger charge is -2.06. The van der Waals surface area contributed by atoms with E-state index in [-0.39, 0.29) is 0 Å². The fourth-order valence-corrected chi connectivity index (χ4v) is 3.21. The highest BCUT2D eigenvalue weighted by molar-refractivity contribution is 7.80. The Kier molecular flexibility index (Phi) is 4.28. The molecule has 3 nitrogen and oxygen atoms in total. The van der Waals surface area contributed by atoms with Gasteiger partial charge in [0.2, 0.25) is 0 Å². The minimum atomic E-state index is 0.414. The van der Waals surface area contributed by atoms with Crippen LogP contribution in [0.5, 0.6) is 0 Å². The number of hydrogen-bond acceptors (Lipinski definition) is 2. The van der Waals surface area contributed by atoms with Crippen molar-refractivity contribution in [2.75, 3.05) is 7.05 Å². The van der Waals surface area contributed by atoms with E-state index in [2.05, 4.69) is 15.8 Å². The molecule has 0 aromatic heterocycles. The van der Waals surface area contributed by atoms with E-state index in [0.29, 0.717) is 25.9 Å². The Labute approximate surface area is 148 Å². The number of hydrazone groups is 1. The zero-order chi connectivity index (χ0) is 15.9. The maximum Gasteiger partial charge on any atom is 0.186 e. The molecule has 7 heteroatoms. The fourth-order valence-electron chi connectivity index (χ4n) is 2.39. The van der Waals surface area contributed by atoms with E-state index in [1.54, 1.807) is 13.1 Å². The summed E-state index contributed by atoms with van der Waals surface area (Å²) in [6.07, 6.45) is 0. The lowest BCUT2D eigenvalue weighted by Crippen LogP contribution is -2.29. The number of nitrogens with one attached hydrogen (secondary N) is 2. The van der Waals surface area contributed by atoms with Crippen molar-refractivity contribution in [3.05, 3.63) is 56.5 Å². The third-order valence-corrected chi connectivity index (χ3v) is 4.36. The van der Waals surface area contributed by atoms with Crippen LogP contribution < -0.4 is 10.7 Å². The summed E-state index contributed by atoms with van der Waals surface area (Å²) >= 11 is 23.7. The lowest BCUT2D eigenvalue weighted by atomic mass is 10.1. The van der Waals surface area contributed by atoms with Gasteiger partial charge in [-0.25, -0.2) is 0 Å². The van der Waals surface area contributed by atoms with Crippen molar-refractivity contribution < 1.29 is 0 Å². The van der Waals surface area contributed by atoms with Gasteiger partial charge in [0.15, 0.2) is 5.11 Å². The molecule has 2 aromatic rings. The van der Waals surface area contributed by atoms with E-state index in [1.807, 2.05) is 24.3 Å². The topological polar surface area (TPSA) is 36.4 Å². The first kappa shape index (κ1) is 15.6. The van der Waals surface area contributed by atoms with Crippen LogP contribution in [0.3, 0.4) is 0 Å². The predicted molar refractivity (Wildman–Crippen MR) is 97.3 cm³/mol. The van der Waals surface area contributed by atoms with Gasteiger partial charge in [-0.2, -0.15) is 5.10 Å². The Morgan fingerprint density at radius 1 is 1.00 bits per heavy atom. The number of benzene rings is 2. The smallest absolute Gasteiger partial charge is 0.186 e. The van der Waals surface area contributed by atoms with Gasteiger partial charge >= 0.3 is 0 Å². The van der Waals surface area contributed by atoms with Crippen LogP contribution in [-0.4, -0.2) is 17.9 Å². The van der Waals surface area contributed by atoms with Gasteiger partial charge in [-0.05, 0) is 42.0 Å². The van der Waals surface area contributed by atoms with Crippen LogP contribution in [0.2, 0.25) is 15.1 Å². The van der Waals surface area contributed by atoms with E-state index in [9.17, 15) is 0 Å². The lowest BCUT2D eigenvalue weighted by molar-refractivity contribution is 0.977. The molecule has 1 aliphatic carbocycles. The Hall–Kier alpha value is -1.33. The molecule has 2 aromatic carbocycles. The van der Waals surface area contributed by atoms with Crippen molar-refractivity contribution in [3.63, 3.8) is 0 Å². The SMILES string of the molecule is CNC(=S)N/N=C1/c2cc(Cl)ccc2-c2c(Cl)cc(Cl)cc21. The van der Waals surface area contributed by atoms with Crippen LogP contribution in [0, 0.1) is 0 Å². The summed E-state index contributed by atoms with van der Waals surface area (Å²) in [5, 5.41) is 9.35. The van der Waals surface area contributed by atoms with Crippen LogP contribution in [-0.2, 0) is 0 Å². The first-order valence-electron chi connectivity index (χ1n) is 6.36. The molecule has 1 aliphatic rings. The Morgan fingerprint density at radius 2 is 1.73 bits per heavy atom. The van der Waals surface area contributed by atoms with E-state index < -0.39 is 0 Å². The van der Waals surface area contributed by atoms with Crippen molar-refractivity contribution in [1.82, 2.24) is 10.7 Å². The maximum absolute atomic E-state index is 6.37. The van der Waals surface area contributed by atoms with Gasteiger partial charge in [-0.1, -0.05) is 40.9 Å². The van der Waals surface area contributed by atoms with Gasteiger partial charge in [0, 0.05) is 33.8 Å². The van der Waals surface area contributed by atoms with Crippen LogP contribution in [0.1, 0.15) is 11.1 Å². The molecule has 3 rings (SSSR count). The van der Waals surface area contributed by atoms with Crippen molar-refractivity contribution in [3.8, 4) is 11.1 Å². The molecular weight excluding hydrogens is 361 g/mol. The Bertz CT molecular complexity index is 818. The monoisotopic (exact) mass is 369 g/mol. The highest BCUT2D eigenvalue weighted by atomic mass is 35.5. The molecule has 0 atom stereocenters. The molecular formula is C15H10Cl3N3S. The molecule has 0 saturated heterocycles. The average molecular weight is 371 g/mol. The van der Waals surface area contributed by atoms with Gasteiger partial charge < -0.3 is 5.32 Å². The van der Waals surface area contributed by atoms with Crippen LogP contribution in [0.25, 0.3) is 11.1 Å². The quantitative estimate of drug-likeness (QED) is 0.490. The number of fused-ring (bicyclic) bond motifs is 3. The zero-order valence-electron chi connectivity index (χ0n) is 11.4. The molecule has 0 spiro atoms. The maximum atomic E-state index is 6.37. The van der Waals surface area contributed by atoms with Crippen molar-refractivity contribution in [1.29, 1.82) is 0 Å². The number of nitrogens with zero attached hydrogens (tertiary/aromatic N) is 1. The van der Waals surface area contributed by atoms with Gasteiger partial charge in [0.25, 0.3) is 0 Å². The Morgan fingerprint density at radius 3 is 2.45 bits per heavy atom. The van der Waals surface area contributed by atoms with Crippen molar-refractivity contribution in [2.24, 2.45) is 5.10 Å². The summed E-state index contributed by atoms with van der Waals surface area (Å²) < 4.78 is 0. The van der Waals surface area contributed by atoms with Gasteiger partial charge in [0.1, 0.15) is 0 Å². The second kappa shape index (κ2) is 6.05. The molecule has 0 unspecified atom stereocenters. The molecule has 0 fully saturated rings. The molecule has 0 radical (unpaired) electrons. The third kappa shape index (κ3) is 2.68. The minimum absolute atomic E-state index is 0.414. The molecule has 0 saturated carbocycles. The molecule has 112 valence electrons. The molecule has 0 heterocycles. The van der Waals surface area contributed by atoms with Crippen molar-refractivity contribution >= 4 is 57.8 Å². The second-order valence-electron chi connectivity index (χ2n) is 4.65. The standard InChI is InChI=1S/C15H10Cl3N3S/c1-19-15(22)21-20-14-10-4-7(16)2-3-9(10)13-11(14)5-8(17)6-12(13)18/h2-6H,1H3,(H2,19,21,22)/b20-14-. The third-order valence-electron chi connectivity index (χ3n) is 3.31. The summed E-state index contributed by atoms with van der Waals surface area (Å²) in [5.41, 5.74) is 7.10. The van der Waals surface area contributed by atoms with Crippen LogP contribution >= 0.6 is 47.0 Å². The number of halogens is 3. The Balaban J connectivity index is 2.23. The number of hydrogen-bond donors (Lipinski definition) is 2. The second-order valence-corrected chi connectivity index (χ2v) is 6.34. The first-order chi connectivity index (χ1) is 10.5. The van der Waals surface area contributed by atoms with Gasteiger partial charge in [0.05, 0.1) is 10.7 Å². The fraction of sp³-hybridized carbons (Fsp3) is 0.0667. The molecule has 22 heavy (non-hydrogen) atoms. The van der Waals surface area contributed by atoms with E-state index in [4.69, 9.17) is 47.0 Å². The summed E-state index contributed by atoms with van der Waals surface area (Å²) in [5.74, 6) is 0. The average Bonchev–Trinajstić information content (AvgIpc) is 2.77. The number of rotatable bonds is 1. The molecule has 0 aliphatic heterocycles.